The molecule has 0 radical (unpaired) electrons. The van der Waals surface area contributed by atoms with Crippen molar-refractivity contribution < 1.29 is 14.2 Å². The summed E-state index contributed by atoms with van der Waals surface area (Å²) in [6, 6.07) is 51.0. The molecule has 0 amide bonds. The molecular weight excluding hydrogens is 745 g/mol. The molecule has 0 saturated heterocycles. The van der Waals surface area contributed by atoms with E-state index in [1.165, 1.54) is 55.2 Å². The summed E-state index contributed by atoms with van der Waals surface area (Å²) in [4.78, 5) is 2.41. The summed E-state index contributed by atoms with van der Waals surface area (Å²) < 4.78 is 20.8. The van der Waals surface area contributed by atoms with Gasteiger partial charge in [-0.25, -0.2) is 0 Å². The number of para-hydroxylation sites is 3. The molecule has 5 heterocycles. The van der Waals surface area contributed by atoms with Gasteiger partial charge in [0.1, 0.15) is 34.5 Å². The quantitative estimate of drug-likeness (QED) is 0.193. The zero-order valence-corrected chi connectivity index (χ0v) is 34.7. The topological polar surface area (TPSA) is 43.0 Å². The maximum Gasteiger partial charge on any atom is 0.260 e. The third-order valence-corrected chi connectivity index (χ3v) is 13.6. The number of fused-ring (bicyclic) bond motifs is 10. The van der Waals surface area contributed by atoms with E-state index in [-0.39, 0.29) is 20.1 Å². The summed E-state index contributed by atoms with van der Waals surface area (Å²) in [5.74, 6) is 5.28. The van der Waals surface area contributed by atoms with Crippen molar-refractivity contribution in [3.05, 3.63) is 167 Å². The summed E-state index contributed by atoms with van der Waals surface area (Å²) in [6.07, 6.45) is 0. The van der Waals surface area contributed by atoms with E-state index in [9.17, 15) is 0 Å². The average molecular weight is 784 g/mol. The molecular formula is C53H39B3N2O3. The standard InChI is InChI=1S/C53H39B3N2O3/c1-29-19-33(5)51-42(20-29)57-41-17-11-9-15-35(41)54(51)37-26-39-46(25-32(37)4)60-49-23-31(3)24-50-53(49)56(39)40-27-38-43(28-47(40)61-50)58(34-13-7-6-8-14-34)44-21-30(2)22-48-52(44)55(38)36-16-10-12-18-45(36)59-48/h6-28,57H,1-5H3. The summed E-state index contributed by atoms with van der Waals surface area (Å²) in [6.45, 7) is 10.8. The summed E-state index contributed by atoms with van der Waals surface area (Å²) in [5, 5.41) is 3.80. The van der Waals surface area contributed by atoms with Gasteiger partial charge in [-0.15, -0.1) is 0 Å². The highest BCUT2D eigenvalue weighted by Gasteiger charge is 2.47. The molecule has 0 unspecified atom stereocenters. The first kappa shape index (κ1) is 34.8. The number of rotatable bonds is 2. The largest absolute Gasteiger partial charge is 0.458 e. The molecule has 0 spiro atoms. The predicted molar refractivity (Wildman–Crippen MR) is 254 cm³/mol. The van der Waals surface area contributed by atoms with Crippen LogP contribution in [0.15, 0.2) is 140 Å². The Bertz CT molecular complexity index is 3260. The highest BCUT2D eigenvalue weighted by atomic mass is 16.5. The van der Waals surface area contributed by atoms with Gasteiger partial charge < -0.3 is 24.4 Å². The lowest BCUT2D eigenvalue weighted by Gasteiger charge is -2.42. The van der Waals surface area contributed by atoms with Crippen LogP contribution in [0.1, 0.15) is 27.8 Å². The number of nitrogens with one attached hydrogen (secondary N) is 1. The first-order chi connectivity index (χ1) is 29.8. The van der Waals surface area contributed by atoms with Crippen LogP contribution < -0.4 is 73.6 Å². The van der Waals surface area contributed by atoms with Crippen molar-refractivity contribution in [1.29, 1.82) is 0 Å². The van der Waals surface area contributed by atoms with E-state index in [4.69, 9.17) is 14.2 Å². The average Bonchev–Trinajstić information content (AvgIpc) is 3.24. The van der Waals surface area contributed by atoms with Crippen LogP contribution in [0.4, 0.5) is 28.4 Å². The van der Waals surface area contributed by atoms with E-state index >= 15 is 0 Å². The van der Waals surface area contributed by atoms with E-state index in [2.05, 4.69) is 184 Å². The molecule has 5 nitrogen and oxygen atoms in total. The van der Waals surface area contributed by atoms with Gasteiger partial charge in [0.05, 0.1) is 0 Å². The fourth-order valence-corrected chi connectivity index (χ4v) is 11.2. The Labute approximate surface area is 357 Å². The van der Waals surface area contributed by atoms with Gasteiger partial charge in [-0.1, -0.05) is 89.4 Å². The van der Waals surface area contributed by atoms with E-state index in [0.717, 1.165) is 84.8 Å². The van der Waals surface area contributed by atoms with Crippen molar-refractivity contribution in [3.63, 3.8) is 0 Å². The number of benzene rings is 8. The SMILES string of the molecule is Cc1cc(C)c2c(c1)Nc1ccccc1B2c1cc2c(cc1C)Oc1cc(C)cc3c1B2c1cc2c(cc1O3)N(c1ccccc1)c1cc(C)cc3c1B2c1ccccc1O3. The van der Waals surface area contributed by atoms with Gasteiger partial charge >= 0.3 is 0 Å². The molecule has 0 fully saturated rings. The van der Waals surface area contributed by atoms with E-state index in [1.54, 1.807) is 0 Å². The Morgan fingerprint density at radius 1 is 0.377 bits per heavy atom. The van der Waals surface area contributed by atoms with Crippen molar-refractivity contribution >= 4 is 97.7 Å². The van der Waals surface area contributed by atoms with Crippen LogP contribution in [-0.2, 0) is 0 Å². The molecule has 5 aliphatic heterocycles. The number of hydrogen-bond donors (Lipinski definition) is 1. The van der Waals surface area contributed by atoms with E-state index in [1.807, 2.05) is 0 Å². The molecule has 5 aliphatic rings. The van der Waals surface area contributed by atoms with Gasteiger partial charge in [0.25, 0.3) is 13.4 Å². The molecule has 8 aromatic carbocycles. The number of aryl methyl sites for hydroxylation is 5. The minimum absolute atomic E-state index is 0.0385. The first-order valence-electron chi connectivity index (χ1n) is 21.3. The van der Waals surface area contributed by atoms with Gasteiger partial charge in [-0.05, 0) is 150 Å². The Kier molecular flexibility index (Phi) is 7.12. The van der Waals surface area contributed by atoms with Crippen molar-refractivity contribution in [2.75, 3.05) is 10.2 Å². The number of nitrogens with zero attached hydrogens (tertiary/aromatic N) is 1. The first-order valence-corrected chi connectivity index (χ1v) is 21.3. The monoisotopic (exact) mass is 784 g/mol. The molecule has 13 rings (SSSR count). The van der Waals surface area contributed by atoms with Crippen LogP contribution in [0, 0.1) is 34.6 Å². The number of anilines is 5. The van der Waals surface area contributed by atoms with Gasteiger partial charge in [-0.2, -0.15) is 0 Å². The predicted octanol–water partition coefficient (Wildman–Crippen LogP) is 6.93. The molecule has 0 aliphatic carbocycles. The highest BCUT2D eigenvalue weighted by molar-refractivity contribution is 7.02. The fraction of sp³-hybridized carbons (Fsp3) is 0.0943. The maximum atomic E-state index is 7.11. The molecule has 0 aromatic heterocycles. The third-order valence-electron chi connectivity index (χ3n) is 13.6. The van der Waals surface area contributed by atoms with Crippen LogP contribution in [0.25, 0.3) is 0 Å². The second-order valence-corrected chi connectivity index (χ2v) is 17.6. The molecule has 0 bridgehead atoms. The van der Waals surface area contributed by atoms with Crippen LogP contribution in [0.3, 0.4) is 0 Å². The molecule has 288 valence electrons. The van der Waals surface area contributed by atoms with Crippen LogP contribution in [-0.4, -0.2) is 20.1 Å². The lowest BCUT2D eigenvalue weighted by molar-refractivity contribution is 0.464. The van der Waals surface area contributed by atoms with Gasteiger partial charge in [0, 0.05) is 40.0 Å². The summed E-state index contributed by atoms with van der Waals surface area (Å²) in [7, 11) is 0. The van der Waals surface area contributed by atoms with Crippen LogP contribution in [0.2, 0.25) is 0 Å². The number of ether oxygens (including phenoxy) is 3. The maximum absolute atomic E-state index is 7.11. The fourth-order valence-electron chi connectivity index (χ4n) is 11.2. The van der Waals surface area contributed by atoms with Crippen molar-refractivity contribution in [3.8, 4) is 34.5 Å². The normalized spacial score (nSPS) is 14.0. The lowest BCUT2D eigenvalue weighted by atomic mass is 9.30. The summed E-state index contributed by atoms with van der Waals surface area (Å²) >= 11 is 0. The van der Waals surface area contributed by atoms with Crippen molar-refractivity contribution in [1.82, 2.24) is 0 Å². The van der Waals surface area contributed by atoms with E-state index in [0.29, 0.717) is 0 Å². The van der Waals surface area contributed by atoms with Crippen molar-refractivity contribution in [2.45, 2.75) is 34.6 Å². The highest BCUT2D eigenvalue weighted by Crippen LogP contribution is 2.44. The molecule has 0 saturated carbocycles. The van der Waals surface area contributed by atoms with Gasteiger partial charge in [0.2, 0.25) is 6.71 Å². The zero-order chi connectivity index (χ0) is 40.8. The Morgan fingerprint density at radius 2 is 0.967 bits per heavy atom. The Morgan fingerprint density at radius 3 is 1.75 bits per heavy atom. The number of hydrogen-bond acceptors (Lipinski definition) is 5. The molecule has 0 atom stereocenters. The zero-order valence-electron chi connectivity index (χ0n) is 34.7. The van der Waals surface area contributed by atoms with Crippen LogP contribution >= 0.6 is 0 Å². The van der Waals surface area contributed by atoms with Gasteiger partial charge in [0.15, 0.2) is 0 Å². The van der Waals surface area contributed by atoms with E-state index < -0.39 is 0 Å². The Balaban J connectivity index is 1.08. The third kappa shape index (κ3) is 4.93. The Hall–Kier alpha value is -7.05. The second-order valence-electron chi connectivity index (χ2n) is 17.6. The molecule has 8 heteroatoms. The van der Waals surface area contributed by atoms with Crippen molar-refractivity contribution in [2.24, 2.45) is 0 Å². The minimum Gasteiger partial charge on any atom is -0.458 e. The van der Waals surface area contributed by atoms with Crippen LogP contribution in [0.5, 0.6) is 34.5 Å². The molecule has 8 aromatic rings. The lowest BCUT2D eigenvalue weighted by Crippen LogP contribution is -2.63. The summed E-state index contributed by atoms with van der Waals surface area (Å²) in [5.41, 5.74) is 22.5. The smallest absolute Gasteiger partial charge is 0.260 e. The minimum atomic E-state index is -0.127. The van der Waals surface area contributed by atoms with Gasteiger partial charge in [-0.3, -0.25) is 0 Å². The molecule has 1 N–H and O–H groups in total. The second kappa shape index (κ2) is 12.5. The molecule has 61 heavy (non-hydrogen) atoms.